The lowest BCUT2D eigenvalue weighted by Gasteiger charge is -2.14. The van der Waals surface area contributed by atoms with Crippen LogP contribution in [0.5, 0.6) is 0 Å². The molecule has 0 spiro atoms. The van der Waals surface area contributed by atoms with Gasteiger partial charge in [0.05, 0.1) is 12.7 Å². The van der Waals surface area contributed by atoms with Crippen molar-refractivity contribution in [3.8, 4) is 0 Å². The fourth-order valence-electron chi connectivity index (χ4n) is 2.04. The number of benzene rings is 1. The third kappa shape index (κ3) is 3.40. The van der Waals surface area contributed by atoms with Gasteiger partial charge < -0.3 is 4.90 Å². The van der Waals surface area contributed by atoms with E-state index in [1.807, 2.05) is 30.3 Å². The lowest BCUT2D eigenvalue weighted by molar-refractivity contribution is -0.128. The highest BCUT2D eigenvalue weighted by molar-refractivity contribution is 7.84. The number of hydrogen-bond donors (Lipinski definition) is 1. The van der Waals surface area contributed by atoms with Gasteiger partial charge >= 0.3 is 0 Å². The van der Waals surface area contributed by atoms with Gasteiger partial charge in [-0.3, -0.25) is 14.3 Å². The van der Waals surface area contributed by atoms with E-state index in [2.05, 4.69) is 5.32 Å². The molecule has 1 fully saturated rings. The van der Waals surface area contributed by atoms with Crippen LogP contribution < -0.4 is 5.32 Å². The van der Waals surface area contributed by atoms with Crippen LogP contribution in [-0.2, 0) is 22.0 Å². The van der Waals surface area contributed by atoms with Gasteiger partial charge in [0, 0.05) is 29.4 Å². The Balaban J connectivity index is 1.89. The highest BCUT2D eigenvalue weighted by Crippen LogP contribution is 2.10. The van der Waals surface area contributed by atoms with Gasteiger partial charge in [0.2, 0.25) is 5.91 Å². The molecule has 18 heavy (non-hydrogen) atoms. The molecular weight excluding hydrogens is 248 g/mol. The maximum atomic E-state index is 12.1. The van der Waals surface area contributed by atoms with Gasteiger partial charge in [-0.05, 0) is 12.0 Å². The van der Waals surface area contributed by atoms with Crippen molar-refractivity contribution in [2.24, 2.45) is 0 Å². The van der Waals surface area contributed by atoms with Crippen molar-refractivity contribution in [3.63, 3.8) is 0 Å². The highest BCUT2D eigenvalue weighted by Gasteiger charge is 2.30. The van der Waals surface area contributed by atoms with Crippen molar-refractivity contribution >= 4 is 16.7 Å². The number of amides is 1. The van der Waals surface area contributed by atoms with E-state index in [9.17, 15) is 9.00 Å². The smallest absolute Gasteiger partial charge is 0.241 e. The zero-order chi connectivity index (χ0) is 13.0. The van der Waals surface area contributed by atoms with Crippen LogP contribution in [0.25, 0.3) is 0 Å². The van der Waals surface area contributed by atoms with E-state index >= 15 is 0 Å². The lowest BCUT2D eigenvalue weighted by Crippen LogP contribution is -2.34. The molecule has 0 bridgehead atoms. The molecule has 1 aliphatic heterocycles. The first-order valence-corrected chi connectivity index (χ1v) is 7.75. The average Bonchev–Trinajstić information content (AvgIpc) is 2.70. The summed E-state index contributed by atoms with van der Waals surface area (Å²) in [4.78, 5) is 13.8. The number of nitrogens with one attached hydrogen (secondary N) is 1. The minimum atomic E-state index is -0.847. The Labute approximate surface area is 110 Å². The van der Waals surface area contributed by atoms with Crippen LogP contribution in [0, 0.1) is 0 Å². The summed E-state index contributed by atoms with van der Waals surface area (Å²) in [6, 6.07) is 9.84. The monoisotopic (exact) mass is 266 g/mol. The summed E-state index contributed by atoms with van der Waals surface area (Å²) in [5.41, 5.74) is 1.16. The van der Waals surface area contributed by atoms with Crippen molar-refractivity contribution in [2.45, 2.75) is 12.5 Å². The van der Waals surface area contributed by atoms with E-state index in [0.717, 1.165) is 5.56 Å². The second kappa shape index (κ2) is 6.11. The van der Waals surface area contributed by atoms with Crippen LogP contribution in [0.2, 0.25) is 0 Å². The number of carbonyl (C=O) groups is 1. The molecule has 0 aliphatic carbocycles. The summed E-state index contributed by atoms with van der Waals surface area (Å²) >= 11 is 0. The fraction of sp³-hybridized carbons (Fsp3) is 0.462. The van der Waals surface area contributed by atoms with Crippen LogP contribution in [0.4, 0.5) is 0 Å². The van der Waals surface area contributed by atoms with Crippen LogP contribution in [-0.4, -0.2) is 46.3 Å². The average molecular weight is 266 g/mol. The van der Waals surface area contributed by atoms with Crippen LogP contribution in [0.3, 0.4) is 0 Å². The lowest BCUT2D eigenvalue weighted by atomic mass is 10.1. The van der Waals surface area contributed by atoms with Crippen molar-refractivity contribution < 1.29 is 9.00 Å². The topological polar surface area (TPSA) is 49.4 Å². The van der Waals surface area contributed by atoms with Crippen molar-refractivity contribution in [3.05, 3.63) is 35.9 Å². The fourth-order valence-corrected chi connectivity index (χ4v) is 2.52. The number of rotatable bonds is 5. The molecule has 1 N–H and O–H groups in total. The Morgan fingerprint density at radius 1 is 1.39 bits per heavy atom. The quantitative estimate of drug-likeness (QED) is 0.837. The van der Waals surface area contributed by atoms with Crippen molar-refractivity contribution in [2.75, 3.05) is 25.2 Å². The Bertz CT molecular complexity index is 436. The standard InChI is InChI=1S/C13H18N2O2S/c1-18(17)8-7-15-10-14-12(13(15)16)9-11-5-3-2-4-6-11/h2-6,12,14H,7-10H2,1H3. The number of nitrogens with zero attached hydrogens (tertiary/aromatic N) is 1. The third-order valence-electron chi connectivity index (χ3n) is 3.07. The molecule has 4 nitrogen and oxygen atoms in total. The molecule has 98 valence electrons. The van der Waals surface area contributed by atoms with E-state index in [1.54, 1.807) is 11.2 Å². The summed E-state index contributed by atoms with van der Waals surface area (Å²) < 4.78 is 11.0. The molecule has 0 saturated carbocycles. The van der Waals surface area contributed by atoms with E-state index in [1.165, 1.54) is 0 Å². The predicted molar refractivity (Wildman–Crippen MR) is 72.6 cm³/mol. The van der Waals surface area contributed by atoms with E-state index < -0.39 is 10.8 Å². The van der Waals surface area contributed by atoms with Crippen LogP contribution in [0.1, 0.15) is 5.56 Å². The summed E-state index contributed by atoms with van der Waals surface area (Å²) in [5, 5.41) is 3.21. The number of carbonyl (C=O) groups excluding carboxylic acids is 1. The van der Waals surface area contributed by atoms with Gasteiger partial charge in [-0.1, -0.05) is 30.3 Å². The zero-order valence-corrected chi connectivity index (χ0v) is 11.3. The summed E-state index contributed by atoms with van der Waals surface area (Å²) in [7, 11) is -0.847. The van der Waals surface area contributed by atoms with Gasteiger partial charge in [-0.15, -0.1) is 0 Å². The summed E-state index contributed by atoms with van der Waals surface area (Å²) in [6.45, 7) is 1.13. The Hall–Kier alpha value is -1.20. The molecule has 1 amide bonds. The van der Waals surface area contributed by atoms with Gasteiger partial charge in [-0.25, -0.2) is 0 Å². The van der Waals surface area contributed by atoms with Gasteiger partial charge in [-0.2, -0.15) is 0 Å². The molecule has 1 heterocycles. The van der Waals surface area contributed by atoms with Crippen LogP contribution in [0.15, 0.2) is 30.3 Å². The maximum Gasteiger partial charge on any atom is 0.241 e. The first-order chi connectivity index (χ1) is 8.66. The first kappa shape index (κ1) is 13.2. The zero-order valence-electron chi connectivity index (χ0n) is 10.5. The molecule has 0 radical (unpaired) electrons. The van der Waals surface area contributed by atoms with E-state index in [-0.39, 0.29) is 11.9 Å². The predicted octanol–water partition coefficient (Wildman–Crippen LogP) is 0.365. The molecule has 1 aromatic rings. The second-order valence-corrected chi connectivity index (χ2v) is 6.04. The molecule has 5 heteroatoms. The molecule has 2 rings (SSSR count). The molecular formula is C13H18N2O2S. The minimum Gasteiger partial charge on any atom is -0.328 e. The second-order valence-electron chi connectivity index (χ2n) is 4.48. The first-order valence-electron chi connectivity index (χ1n) is 6.03. The molecule has 2 atom stereocenters. The largest absolute Gasteiger partial charge is 0.328 e. The van der Waals surface area contributed by atoms with E-state index in [4.69, 9.17) is 0 Å². The number of hydrogen-bond acceptors (Lipinski definition) is 3. The summed E-state index contributed by atoms with van der Waals surface area (Å²) in [6.07, 6.45) is 2.38. The minimum absolute atomic E-state index is 0.115. The molecule has 1 aromatic carbocycles. The molecule has 1 aliphatic rings. The molecule has 1 saturated heterocycles. The van der Waals surface area contributed by atoms with Gasteiger partial charge in [0.25, 0.3) is 0 Å². The van der Waals surface area contributed by atoms with E-state index in [0.29, 0.717) is 25.4 Å². The third-order valence-corrected chi connectivity index (χ3v) is 3.83. The van der Waals surface area contributed by atoms with Crippen molar-refractivity contribution in [1.82, 2.24) is 10.2 Å². The van der Waals surface area contributed by atoms with Gasteiger partial charge in [0.15, 0.2) is 0 Å². The molecule has 0 aromatic heterocycles. The summed E-state index contributed by atoms with van der Waals surface area (Å²) in [5.74, 6) is 0.662. The maximum absolute atomic E-state index is 12.1. The Kier molecular flexibility index (Phi) is 4.49. The molecule has 2 unspecified atom stereocenters. The van der Waals surface area contributed by atoms with Gasteiger partial charge in [0.1, 0.15) is 0 Å². The highest BCUT2D eigenvalue weighted by atomic mass is 32.2. The Morgan fingerprint density at radius 2 is 2.11 bits per heavy atom. The van der Waals surface area contributed by atoms with Crippen LogP contribution >= 0.6 is 0 Å². The van der Waals surface area contributed by atoms with Crippen molar-refractivity contribution in [1.29, 1.82) is 0 Å². The Morgan fingerprint density at radius 3 is 2.78 bits per heavy atom. The normalized spacial score (nSPS) is 21.3. The SMILES string of the molecule is CS(=O)CCN1CNC(Cc2ccccc2)C1=O.